The molecule has 0 aliphatic rings. The molecule has 1 N–H and O–H groups in total. The maximum absolute atomic E-state index is 9.65. The van der Waals surface area contributed by atoms with Gasteiger partial charge in [0.05, 0.1) is 0 Å². The van der Waals surface area contributed by atoms with E-state index >= 15 is 0 Å². The zero-order valence-electron chi connectivity index (χ0n) is 5.49. The number of halogens is 1. The molecule has 34 valence electrons. The fourth-order valence-electron chi connectivity index (χ4n) is 0. The smallest absolute Gasteiger partial charge is 1.00 e. The summed E-state index contributed by atoms with van der Waals surface area (Å²) in [5.74, 6) is -0.0787. The first-order valence-corrected chi connectivity index (χ1v) is 1.94. The van der Waals surface area contributed by atoms with Crippen LogP contribution in [0, 0.1) is 0 Å². The van der Waals surface area contributed by atoms with E-state index in [1.807, 2.05) is 0 Å². The predicted molar refractivity (Wildman–Crippen MR) is 30.7 cm³/mol. The van der Waals surface area contributed by atoms with E-state index in [0.29, 0.717) is 0 Å². The molecule has 0 saturated heterocycles. The normalized spacial score (nSPS) is 5.67. The van der Waals surface area contributed by atoms with Gasteiger partial charge in [-0.1, -0.05) is 0 Å². The summed E-state index contributed by atoms with van der Waals surface area (Å²) in [6.45, 7) is 1.43. The Morgan fingerprint density at radius 1 is 2.00 bits per heavy atom. The molecular formula is C2H6BrMgNO. The van der Waals surface area contributed by atoms with Crippen LogP contribution in [0.3, 0.4) is 0 Å². The molecule has 0 fully saturated rings. The van der Waals surface area contributed by atoms with Crippen molar-refractivity contribution in [2.75, 3.05) is 0 Å². The van der Waals surface area contributed by atoms with Crippen molar-refractivity contribution in [2.45, 2.75) is 6.92 Å². The van der Waals surface area contributed by atoms with Gasteiger partial charge in [-0.25, -0.2) is 0 Å². The van der Waals surface area contributed by atoms with E-state index < -0.39 is 0 Å². The molecule has 0 unspecified atom stereocenters. The van der Waals surface area contributed by atoms with Gasteiger partial charge in [0.25, 0.3) is 0 Å². The second-order valence-electron chi connectivity index (χ2n) is 0.651. The molecule has 0 aromatic rings. The Kier molecular flexibility index (Phi) is 9.40. The van der Waals surface area contributed by atoms with Crippen LogP contribution in [0.4, 0.5) is 0 Å². The minimum absolute atomic E-state index is 0. The molecule has 0 aromatic heterocycles. The van der Waals surface area contributed by atoms with Crippen LogP contribution in [0.15, 0.2) is 0 Å². The Bertz CT molecular complexity index is 55.3. The molecule has 0 rings (SSSR count). The van der Waals surface area contributed by atoms with E-state index in [9.17, 15) is 4.79 Å². The molecule has 0 radical (unpaired) electrons. The second-order valence-corrected chi connectivity index (χ2v) is 1.05. The standard InChI is InChI=1S/C2H4BrNO.Mg.2H/c1-2(5)4-3;;;/h1H3,(H,4,5);;;/q;+2;2*-1. The first-order valence-electron chi connectivity index (χ1n) is 1.14. The fourth-order valence-corrected chi connectivity index (χ4v) is 0. The van der Waals surface area contributed by atoms with Gasteiger partial charge in [0, 0.05) is 23.1 Å². The molecule has 0 spiro atoms. The van der Waals surface area contributed by atoms with Crippen LogP contribution < -0.4 is 4.34 Å². The molecule has 0 aliphatic heterocycles. The van der Waals surface area contributed by atoms with Gasteiger partial charge in [-0.2, -0.15) is 0 Å². The third-order valence-electron chi connectivity index (χ3n) is 0.133. The molecular weight excluding hydrogens is 158 g/mol. The van der Waals surface area contributed by atoms with Crippen LogP contribution in [0.25, 0.3) is 0 Å². The van der Waals surface area contributed by atoms with E-state index in [-0.39, 0.29) is 31.8 Å². The number of carbonyl (C=O) groups is 1. The Morgan fingerprint density at radius 3 is 2.17 bits per heavy atom. The fraction of sp³-hybridized carbons (Fsp3) is 0.500. The molecule has 0 bridgehead atoms. The van der Waals surface area contributed by atoms with Crippen molar-refractivity contribution in [1.29, 1.82) is 0 Å². The van der Waals surface area contributed by atoms with Crippen molar-refractivity contribution in [3.8, 4) is 0 Å². The molecule has 1 amide bonds. The average Bonchev–Trinajstić information content (AvgIpc) is 1.38. The topological polar surface area (TPSA) is 29.1 Å². The largest absolute Gasteiger partial charge is 2.00 e. The van der Waals surface area contributed by atoms with Gasteiger partial charge in [0.1, 0.15) is 0 Å². The van der Waals surface area contributed by atoms with Gasteiger partial charge in [-0.3, -0.25) is 9.14 Å². The van der Waals surface area contributed by atoms with Gasteiger partial charge >= 0.3 is 23.1 Å². The van der Waals surface area contributed by atoms with Crippen molar-refractivity contribution in [1.82, 2.24) is 4.34 Å². The van der Waals surface area contributed by atoms with Crippen LogP contribution in [0.1, 0.15) is 9.78 Å². The maximum Gasteiger partial charge on any atom is 2.00 e. The first kappa shape index (κ1) is 9.87. The Balaban J connectivity index is -0.0000000267. The minimum atomic E-state index is -0.0787. The van der Waals surface area contributed by atoms with Crippen molar-refractivity contribution in [3.05, 3.63) is 0 Å². The summed E-state index contributed by atoms with van der Waals surface area (Å²) in [4.78, 5) is 9.65. The monoisotopic (exact) mass is 163 g/mol. The first-order chi connectivity index (χ1) is 2.27. The van der Waals surface area contributed by atoms with E-state index in [1.165, 1.54) is 6.92 Å². The number of hydrogen-bond acceptors (Lipinski definition) is 1. The Morgan fingerprint density at radius 2 is 2.17 bits per heavy atom. The third kappa shape index (κ3) is 8.83. The molecule has 0 heterocycles. The number of nitrogens with one attached hydrogen (secondary N) is 1. The van der Waals surface area contributed by atoms with Gasteiger partial charge in [0.15, 0.2) is 0 Å². The maximum atomic E-state index is 9.65. The summed E-state index contributed by atoms with van der Waals surface area (Å²) in [6.07, 6.45) is 0. The number of hydrogen-bond donors (Lipinski definition) is 1. The third-order valence-corrected chi connectivity index (χ3v) is 0.691. The SMILES string of the molecule is CC(=O)NBr.[H-].[H-].[Mg+2]. The molecule has 4 heteroatoms. The molecule has 6 heavy (non-hydrogen) atoms. The Labute approximate surface area is 64.1 Å². The summed E-state index contributed by atoms with van der Waals surface area (Å²) >= 11 is 2.71. The van der Waals surface area contributed by atoms with E-state index in [2.05, 4.69) is 20.5 Å². The van der Waals surface area contributed by atoms with Crippen molar-refractivity contribution in [3.63, 3.8) is 0 Å². The molecule has 0 saturated carbocycles. The summed E-state index contributed by atoms with van der Waals surface area (Å²) in [6, 6.07) is 0. The summed E-state index contributed by atoms with van der Waals surface area (Å²) < 4.78 is 2.20. The Hall–Kier alpha value is 0.716. The zero-order valence-corrected chi connectivity index (χ0v) is 6.49. The molecule has 0 aliphatic carbocycles. The minimum Gasteiger partial charge on any atom is -1.00 e. The summed E-state index contributed by atoms with van der Waals surface area (Å²) in [5.41, 5.74) is 0. The van der Waals surface area contributed by atoms with Crippen LogP contribution in [-0.4, -0.2) is 29.0 Å². The van der Waals surface area contributed by atoms with Crippen molar-refractivity contribution >= 4 is 45.1 Å². The number of rotatable bonds is 0. The van der Waals surface area contributed by atoms with E-state index in [0.717, 1.165) is 0 Å². The quantitative estimate of drug-likeness (QED) is 0.404. The molecule has 0 atom stereocenters. The molecule has 0 aromatic carbocycles. The van der Waals surface area contributed by atoms with Crippen molar-refractivity contribution < 1.29 is 7.65 Å². The molecule has 2 nitrogen and oxygen atoms in total. The zero-order chi connectivity index (χ0) is 4.28. The van der Waals surface area contributed by atoms with Crippen LogP contribution in [0.2, 0.25) is 0 Å². The van der Waals surface area contributed by atoms with Crippen molar-refractivity contribution in [2.24, 2.45) is 0 Å². The van der Waals surface area contributed by atoms with Crippen LogP contribution >= 0.6 is 16.1 Å². The van der Waals surface area contributed by atoms with Gasteiger partial charge in [0.2, 0.25) is 5.91 Å². The van der Waals surface area contributed by atoms with Crippen LogP contribution in [-0.2, 0) is 4.79 Å². The van der Waals surface area contributed by atoms with Gasteiger partial charge < -0.3 is 2.85 Å². The number of amides is 1. The van der Waals surface area contributed by atoms with Crippen LogP contribution in [0.5, 0.6) is 0 Å². The second kappa shape index (κ2) is 5.72. The van der Waals surface area contributed by atoms with Gasteiger partial charge in [-0.05, 0) is 0 Å². The van der Waals surface area contributed by atoms with E-state index in [4.69, 9.17) is 0 Å². The van der Waals surface area contributed by atoms with Gasteiger partial charge in [-0.15, -0.1) is 0 Å². The van der Waals surface area contributed by atoms with E-state index in [1.54, 1.807) is 0 Å². The summed E-state index contributed by atoms with van der Waals surface area (Å²) in [7, 11) is 0. The number of carbonyl (C=O) groups excluding carboxylic acids is 1. The summed E-state index contributed by atoms with van der Waals surface area (Å²) in [5, 5.41) is 0. The predicted octanol–water partition coefficient (Wildman–Crippen LogP) is 0.277. The average molecular weight is 164 g/mol.